The monoisotopic (exact) mass is 404 g/mol. The molecular weight excluding hydrogens is 384 g/mol. The lowest BCUT2D eigenvalue weighted by molar-refractivity contribution is 0.369. The number of nitrogens with zero attached hydrogens (tertiary/aromatic N) is 3. The average molecular weight is 404 g/mol. The van der Waals surface area contributed by atoms with Crippen LogP contribution in [-0.4, -0.2) is 29.3 Å². The molecular formula is C22H20N4O2S. The molecule has 1 aromatic carbocycles. The van der Waals surface area contributed by atoms with Gasteiger partial charge in [0, 0.05) is 48.1 Å². The molecule has 0 atom stereocenters. The average Bonchev–Trinajstić information content (AvgIpc) is 3.52. The van der Waals surface area contributed by atoms with Crippen molar-refractivity contribution >= 4 is 22.2 Å². The lowest BCUT2D eigenvalue weighted by Gasteiger charge is -2.11. The molecule has 0 aliphatic rings. The first-order valence-electron chi connectivity index (χ1n) is 9.44. The Morgan fingerprint density at radius 3 is 2.76 bits per heavy atom. The maximum Gasteiger partial charge on any atom is 0.235 e. The van der Waals surface area contributed by atoms with Crippen LogP contribution in [0.1, 0.15) is 6.42 Å². The van der Waals surface area contributed by atoms with Crippen molar-refractivity contribution in [2.24, 2.45) is 0 Å². The molecule has 0 spiro atoms. The molecule has 29 heavy (non-hydrogen) atoms. The van der Waals surface area contributed by atoms with Gasteiger partial charge in [-0.1, -0.05) is 24.3 Å². The van der Waals surface area contributed by atoms with Crippen molar-refractivity contribution in [3.05, 3.63) is 66.7 Å². The summed E-state index contributed by atoms with van der Waals surface area (Å²) in [5, 5.41) is 24.7. The number of hydrogen-bond donors (Lipinski definition) is 3. The Hall–Kier alpha value is -3.45. The first-order chi connectivity index (χ1) is 14.2. The van der Waals surface area contributed by atoms with Gasteiger partial charge in [-0.05, 0) is 23.9 Å². The quantitative estimate of drug-likeness (QED) is 0.370. The number of aromatic hydroxyl groups is 2. The number of thiophene rings is 1. The predicted molar refractivity (Wildman–Crippen MR) is 115 cm³/mol. The molecule has 5 aromatic rings. The number of rotatable bonds is 6. The summed E-state index contributed by atoms with van der Waals surface area (Å²) in [6.45, 7) is 1.36. The Balaban J connectivity index is 1.63. The molecule has 0 fully saturated rings. The van der Waals surface area contributed by atoms with Crippen LogP contribution in [0.2, 0.25) is 0 Å². The highest BCUT2D eigenvalue weighted by atomic mass is 32.1. The van der Waals surface area contributed by atoms with Crippen LogP contribution in [0.25, 0.3) is 32.6 Å². The smallest absolute Gasteiger partial charge is 0.235 e. The predicted octanol–water partition coefficient (Wildman–Crippen LogP) is 5.06. The van der Waals surface area contributed by atoms with Crippen molar-refractivity contribution in [2.45, 2.75) is 19.5 Å². The summed E-state index contributed by atoms with van der Waals surface area (Å²) in [5.74, 6) is -0.180. The highest BCUT2D eigenvalue weighted by Gasteiger charge is 2.26. The highest BCUT2D eigenvalue weighted by molar-refractivity contribution is 7.13. The first kappa shape index (κ1) is 17.6. The minimum Gasteiger partial charge on any atom is -0.503 e. The number of H-pyrrole nitrogens is 1. The Bertz CT molecular complexity index is 1250. The van der Waals surface area contributed by atoms with Crippen molar-refractivity contribution in [1.82, 2.24) is 19.1 Å². The van der Waals surface area contributed by atoms with Gasteiger partial charge in [-0.25, -0.2) is 4.98 Å². The Labute approximate surface area is 171 Å². The number of aromatic amines is 1. The largest absolute Gasteiger partial charge is 0.503 e. The van der Waals surface area contributed by atoms with Gasteiger partial charge in [0.1, 0.15) is 0 Å². The van der Waals surface area contributed by atoms with E-state index in [1.54, 1.807) is 23.9 Å². The molecule has 0 radical (unpaired) electrons. The fourth-order valence-corrected chi connectivity index (χ4v) is 4.63. The van der Waals surface area contributed by atoms with Crippen LogP contribution in [-0.2, 0) is 13.1 Å². The summed E-state index contributed by atoms with van der Waals surface area (Å²) >= 11 is 1.59. The number of imidazole rings is 1. The topological polar surface area (TPSA) is 79.0 Å². The standard InChI is InChI=1S/C22H20N4O2S/c27-21-19(16-13-24-17-6-2-1-5-15(16)17)20(18-7-3-12-29-18)26(22(21)28)10-4-9-25-11-8-23-14-25/h1-3,5-8,11-14,24,27-28H,4,9-10H2. The molecule has 4 aromatic heterocycles. The Kier molecular flexibility index (Phi) is 4.37. The van der Waals surface area contributed by atoms with Crippen molar-refractivity contribution in [1.29, 1.82) is 0 Å². The van der Waals surface area contributed by atoms with Gasteiger partial charge in [0.2, 0.25) is 5.88 Å². The zero-order chi connectivity index (χ0) is 19.8. The second-order valence-electron chi connectivity index (χ2n) is 6.93. The summed E-state index contributed by atoms with van der Waals surface area (Å²) < 4.78 is 3.82. The van der Waals surface area contributed by atoms with Gasteiger partial charge in [0.05, 0.1) is 22.5 Å². The van der Waals surface area contributed by atoms with E-state index in [1.165, 1.54) is 0 Å². The van der Waals surface area contributed by atoms with Gasteiger partial charge in [-0.2, -0.15) is 0 Å². The summed E-state index contributed by atoms with van der Waals surface area (Å²) in [6, 6.07) is 12.0. The molecule has 0 bridgehead atoms. The third-order valence-electron chi connectivity index (χ3n) is 5.18. The zero-order valence-electron chi connectivity index (χ0n) is 15.6. The number of hydrogen-bond acceptors (Lipinski definition) is 4. The van der Waals surface area contributed by atoms with E-state index in [0.29, 0.717) is 12.1 Å². The fourth-order valence-electron chi connectivity index (χ4n) is 3.84. The van der Waals surface area contributed by atoms with E-state index >= 15 is 0 Å². The maximum atomic E-state index is 10.9. The van der Waals surface area contributed by atoms with Crippen molar-refractivity contribution in [2.75, 3.05) is 0 Å². The second-order valence-corrected chi connectivity index (χ2v) is 7.87. The second kappa shape index (κ2) is 7.18. The van der Waals surface area contributed by atoms with Gasteiger partial charge in [0.25, 0.3) is 0 Å². The van der Waals surface area contributed by atoms with Crippen LogP contribution in [0.5, 0.6) is 11.6 Å². The summed E-state index contributed by atoms with van der Waals surface area (Å²) in [6.07, 6.45) is 8.15. The molecule has 0 saturated carbocycles. The highest BCUT2D eigenvalue weighted by Crippen LogP contribution is 2.49. The molecule has 0 unspecified atom stereocenters. The molecule has 146 valence electrons. The lowest BCUT2D eigenvalue weighted by Crippen LogP contribution is -2.04. The minimum atomic E-state index is -0.0979. The number of aryl methyl sites for hydroxylation is 1. The molecule has 0 saturated heterocycles. The molecule has 3 N–H and O–H groups in total. The zero-order valence-corrected chi connectivity index (χ0v) is 16.4. The number of fused-ring (bicyclic) bond motifs is 1. The Morgan fingerprint density at radius 1 is 1.07 bits per heavy atom. The molecule has 5 rings (SSSR count). The normalized spacial score (nSPS) is 11.4. The van der Waals surface area contributed by atoms with E-state index < -0.39 is 0 Å². The summed E-state index contributed by atoms with van der Waals surface area (Å²) in [5.41, 5.74) is 3.37. The van der Waals surface area contributed by atoms with Gasteiger partial charge in [0.15, 0.2) is 5.75 Å². The van der Waals surface area contributed by atoms with Crippen LogP contribution in [0.4, 0.5) is 0 Å². The van der Waals surface area contributed by atoms with Crippen molar-refractivity contribution < 1.29 is 10.2 Å². The van der Waals surface area contributed by atoms with Crippen molar-refractivity contribution in [3.63, 3.8) is 0 Å². The van der Waals surface area contributed by atoms with Gasteiger partial charge in [-0.15, -0.1) is 11.3 Å². The van der Waals surface area contributed by atoms with E-state index in [0.717, 1.165) is 40.0 Å². The van der Waals surface area contributed by atoms with Crippen LogP contribution >= 0.6 is 11.3 Å². The number of benzene rings is 1. The van der Waals surface area contributed by atoms with E-state index in [9.17, 15) is 10.2 Å². The van der Waals surface area contributed by atoms with Gasteiger partial charge >= 0.3 is 0 Å². The molecule has 0 aliphatic carbocycles. The van der Waals surface area contributed by atoms with E-state index in [4.69, 9.17) is 0 Å². The molecule has 0 amide bonds. The number of aromatic nitrogens is 4. The maximum absolute atomic E-state index is 10.9. The third-order valence-corrected chi connectivity index (χ3v) is 6.06. The van der Waals surface area contributed by atoms with Crippen LogP contribution < -0.4 is 0 Å². The molecule has 7 heteroatoms. The summed E-state index contributed by atoms with van der Waals surface area (Å²) in [4.78, 5) is 8.34. The van der Waals surface area contributed by atoms with Gasteiger partial charge in [-0.3, -0.25) is 0 Å². The van der Waals surface area contributed by atoms with Crippen LogP contribution in [0, 0.1) is 0 Å². The number of para-hydroxylation sites is 1. The van der Waals surface area contributed by atoms with E-state index in [2.05, 4.69) is 9.97 Å². The van der Waals surface area contributed by atoms with Crippen LogP contribution in [0.15, 0.2) is 66.7 Å². The van der Waals surface area contributed by atoms with Crippen molar-refractivity contribution in [3.8, 4) is 33.3 Å². The fraction of sp³-hybridized carbons (Fsp3) is 0.136. The third kappa shape index (κ3) is 3.00. The van der Waals surface area contributed by atoms with E-state index in [-0.39, 0.29) is 11.6 Å². The SMILES string of the molecule is Oc1c(-c2c[nH]c3ccccc23)c(-c2cccs2)n(CCCn2ccnc2)c1O. The van der Waals surface area contributed by atoms with Crippen LogP contribution in [0.3, 0.4) is 0 Å². The molecule has 6 nitrogen and oxygen atoms in total. The lowest BCUT2D eigenvalue weighted by atomic mass is 10.0. The first-order valence-corrected chi connectivity index (χ1v) is 10.3. The Morgan fingerprint density at radius 2 is 1.97 bits per heavy atom. The molecule has 4 heterocycles. The van der Waals surface area contributed by atoms with E-state index in [1.807, 2.05) is 63.3 Å². The molecule has 0 aliphatic heterocycles. The minimum absolute atomic E-state index is 0.0826. The summed E-state index contributed by atoms with van der Waals surface area (Å²) in [7, 11) is 0. The van der Waals surface area contributed by atoms with Gasteiger partial charge < -0.3 is 24.3 Å². The number of nitrogens with one attached hydrogen (secondary N) is 1.